The van der Waals surface area contributed by atoms with E-state index >= 15 is 0 Å². The van der Waals surface area contributed by atoms with E-state index in [1.54, 1.807) is 0 Å². The quantitative estimate of drug-likeness (QED) is 0.582. The summed E-state index contributed by atoms with van der Waals surface area (Å²) in [6.07, 6.45) is 2.09. The lowest BCUT2D eigenvalue weighted by atomic mass is 9.65. The van der Waals surface area contributed by atoms with E-state index in [4.69, 9.17) is 22.1 Å². The molecule has 2 unspecified atom stereocenters. The van der Waals surface area contributed by atoms with Gasteiger partial charge in [0.1, 0.15) is 11.5 Å². The van der Waals surface area contributed by atoms with E-state index in [9.17, 15) is 18.4 Å². The fourth-order valence-corrected chi connectivity index (χ4v) is 6.03. The van der Waals surface area contributed by atoms with Crippen LogP contribution in [0.5, 0.6) is 6.01 Å². The van der Waals surface area contributed by atoms with Gasteiger partial charge in [-0.3, -0.25) is 9.59 Å². The van der Waals surface area contributed by atoms with Crippen LogP contribution in [0.1, 0.15) is 29.7 Å². The number of fused-ring (bicyclic) bond motifs is 3. The first kappa shape index (κ1) is 25.3. The van der Waals surface area contributed by atoms with Gasteiger partial charge in [0.2, 0.25) is 5.91 Å². The van der Waals surface area contributed by atoms with Crippen molar-refractivity contribution in [2.24, 2.45) is 5.73 Å². The Hall–Kier alpha value is -3.31. The number of ether oxygens (including phenoxy) is 1. The maximum absolute atomic E-state index is 14.4. The zero-order valence-electron chi connectivity index (χ0n) is 20.3. The predicted octanol–water partition coefficient (Wildman–Crippen LogP) is 2.51. The van der Waals surface area contributed by atoms with Crippen molar-refractivity contribution in [3.63, 3.8) is 0 Å². The number of hydrogen-bond donors (Lipinski definition) is 2. The maximum Gasteiger partial charge on any atom is 0.318 e. The van der Waals surface area contributed by atoms with Crippen molar-refractivity contribution in [1.82, 2.24) is 14.9 Å². The van der Waals surface area contributed by atoms with Crippen LogP contribution in [0, 0.1) is 5.82 Å². The summed E-state index contributed by atoms with van der Waals surface area (Å²) in [6, 6.07) is 2.28. The van der Waals surface area contributed by atoms with Gasteiger partial charge in [0.05, 0.1) is 24.3 Å². The molecule has 0 saturated carbocycles. The van der Waals surface area contributed by atoms with Crippen molar-refractivity contribution >= 4 is 34.9 Å². The number of rotatable bonds is 4. The average molecular weight is 533 g/mol. The summed E-state index contributed by atoms with van der Waals surface area (Å²) < 4.78 is 33.3. The Morgan fingerprint density at radius 1 is 1.38 bits per heavy atom. The number of hydrogen-bond acceptors (Lipinski definition) is 7. The highest BCUT2D eigenvalue weighted by Gasteiger charge is 2.49. The molecule has 2 aromatic rings. The first-order valence-corrected chi connectivity index (χ1v) is 12.4. The van der Waals surface area contributed by atoms with Gasteiger partial charge < -0.3 is 25.6 Å². The largest absolute Gasteiger partial charge is 0.467 e. The normalized spacial score (nSPS) is 22.8. The van der Waals surface area contributed by atoms with Crippen LogP contribution in [0.3, 0.4) is 0 Å². The Kier molecular flexibility index (Phi) is 6.53. The van der Waals surface area contributed by atoms with E-state index in [1.165, 1.54) is 24.1 Å². The summed E-state index contributed by atoms with van der Waals surface area (Å²) in [7, 11) is 1.44. The van der Waals surface area contributed by atoms with Crippen molar-refractivity contribution in [2.75, 3.05) is 43.5 Å². The number of amides is 2. The van der Waals surface area contributed by atoms with Crippen molar-refractivity contribution in [3.8, 4) is 6.01 Å². The number of methoxy groups -OCH3 is 1. The molecule has 0 bridgehead atoms. The van der Waals surface area contributed by atoms with Gasteiger partial charge >= 0.3 is 6.01 Å². The van der Waals surface area contributed by atoms with E-state index in [0.717, 1.165) is 5.56 Å². The summed E-state index contributed by atoms with van der Waals surface area (Å²) >= 11 is 6.36. The van der Waals surface area contributed by atoms with Gasteiger partial charge in [0, 0.05) is 37.6 Å². The number of benzene rings is 1. The van der Waals surface area contributed by atoms with Gasteiger partial charge in [-0.15, -0.1) is 0 Å². The molecule has 2 atom stereocenters. The highest BCUT2D eigenvalue weighted by Crippen LogP contribution is 2.48. The van der Waals surface area contributed by atoms with Gasteiger partial charge in [-0.1, -0.05) is 18.2 Å². The lowest BCUT2D eigenvalue weighted by Crippen LogP contribution is -2.58. The summed E-state index contributed by atoms with van der Waals surface area (Å²) in [4.78, 5) is 38.3. The van der Waals surface area contributed by atoms with Gasteiger partial charge in [-0.05, 0) is 42.5 Å². The monoisotopic (exact) mass is 532 g/mol. The summed E-state index contributed by atoms with van der Waals surface area (Å²) in [5.41, 5.74) is 7.20. The Balaban J connectivity index is 1.54. The number of nitrogens with one attached hydrogen (secondary N) is 1. The molecule has 0 radical (unpaired) electrons. The topological polar surface area (TPSA) is 114 Å². The van der Waals surface area contributed by atoms with E-state index in [2.05, 4.69) is 21.9 Å². The van der Waals surface area contributed by atoms with Gasteiger partial charge in [-0.2, -0.15) is 9.97 Å². The molecular weight excluding hydrogens is 506 g/mol. The molecule has 2 amide bonds. The molecule has 5 rings (SSSR count). The molecule has 1 saturated heterocycles. The van der Waals surface area contributed by atoms with E-state index < -0.39 is 29.0 Å². The standard InChI is InChI=1S/C25H27ClF2N6O3/c1-13(27)22(35)34-7-6-33(12-15(34)11-29)21-20-19(30-24(32-21)37-2)10-25(23(36)31-20)5-3-4-16-17(25)8-14(28)9-18(16)26/h8-9,15H,1,3-7,10-12,29H2,2H3,(H,31,36). The second-order valence-electron chi connectivity index (χ2n) is 9.57. The molecule has 196 valence electrons. The second-order valence-corrected chi connectivity index (χ2v) is 9.98. The Bertz CT molecular complexity index is 1310. The Labute approximate surface area is 217 Å². The fourth-order valence-electron chi connectivity index (χ4n) is 5.73. The van der Waals surface area contributed by atoms with Crippen LogP contribution < -0.4 is 20.7 Å². The minimum absolute atomic E-state index is 0.0957. The van der Waals surface area contributed by atoms with Crippen LogP contribution >= 0.6 is 11.6 Å². The number of anilines is 2. The van der Waals surface area contributed by atoms with Crippen molar-refractivity contribution in [1.29, 1.82) is 0 Å². The molecule has 3 N–H and O–H groups in total. The Morgan fingerprint density at radius 3 is 2.86 bits per heavy atom. The highest BCUT2D eigenvalue weighted by molar-refractivity contribution is 6.31. The molecule has 37 heavy (non-hydrogen) atoms. The summed E-state index contributed by atoms with van der Waals surface area (Å²) in [6.45, 7) is 3.96. The number of carbonyl (C=O) groups excluding carboxylic acids is 2. The molecule has 2 aliphatic heterocycles. The highest BCUT2D eigenvalue weighted by atomic mass is 35.5. The molecule has 3 heterocycles. The lowest BCUT2D eigenvalue weighted by Gasteiger charge is -2.44. The lowest BCUT2D eigenvalue weighted by molar-refractivity contribution is -0.131. The van der Waals surface area contributed by atoms with Gasteiger partial charge in [0.25, 0.3) is 5.91 Å². The molecule has 1 fully saturated rings. The smallest absolute Gasteiger partial charge is 0.318 e. The van der Waals surface area contributed by atoms with Crippen LogP contribution in [0.15, 0.2) is 24.5 Å². The van der Waals surface area contributed by atoms with E-state index in [-0.39, 0.29) is 38.0 Å². The zero-order valence-corrected chi connectivity index (χ0v) is 21.1. The van der Waals surface area contributed by atoms with Crippen LogP contribution in [0.25, 0.3) is 0 Å². The molecule has 9 nitrogen and oxygen atoms in total. The van der Waals surface area contributed by atoms with Crippen molar-refractivity contribution in [3.05, 3.63) is 52.2 Å². The minimum atomic E-state index is -1.05. The maximum atomic E-state index is 14.4. The average Bonchev–Trinajstić information content (AvgIpc) is 2.88. The number of nitrogens with zero attached hydrogens (tertiary/aromatic N) is 4. The Morgan fingerprint density at radius 2 is 2.16 bits per heavy atom. The van der Waals surface area contributed by atoms with Crippen LogP contribution in [-0.2, 0) is 27.8 Å². The molecule has 1 spiro atoms. The first-order valence-electron chi connectivity index (χ1n) is 12.0. The van der Waals surface area contributed by atoms with Crippen LogP contribution in [-0.4, -0.2) is 66.0 Å². The molecule has 1 aromatic heterocycles. The van der Waals surface area contributed by atoms with E-state index in [1.807, 2.05) is 4.90 Å². The van der Waals surface area contributed by atoms with E-state index in [0.29, 0.717) is 53.6 Å². The molecule has 12 heteroatoms. The second kappa shape index (κ2) is 9.53. The molecule has 3 aliphatic rings. The third kappa shape index (κ3) is 4.19. The predicted molar refractivity (Wildman–Crippen MR) is 134 cm³/mol. The zero-order chi connectivity index (χ0) is 26.5. The first-order chi connectivity index (χ1) is 17.7. The summed E-state index contributed by atoms with van der Waals surface area (Å²) in [5, 5.41) is 3.30. The number of nitrogens with two attached hydrogens (primary N) is 1. The SMILES string of the molecule is C=C(F)C(=O)N1CCN(c2nc(OC)nc3c2NC(=O)C2(CCCc4c(Cl)cc(F)cc42)C3)CC1CN. The third-order valence-electron chi connectivity index (χ3n) is 7.52. The van der Waals surface area contributed by atoms with Crippen molar-refractivity contribution in [2.45, 2.75) is 37.1 Å². The van der Waals surface area contributed by atoms with Gasteiger partial charge in [0.15, 0.2) is 11.6 Å². The van der Waals surface area contributed by atoms with Crippen LogP contribution in [0.4, 0.5) is 20.3 Å². The summed E-state index contributed by atoms with van der Waals surface area (Å²) in [5.74, 6) is -2.20. The number of aromatic nitrogens is 2. The molecular formula is C25H27ClF2N6O3. The fraction of sp³-hybridized carbons (Fsp3) is 0.440. The third-order valence-corrected chi connectivity index (χ3v) is 7.86. The number of halogens is 3. The molecule has 1 aromatic carbocycles. The van der Waals surface area contributed by atoms with Crippen LogP contribution in [0.2, 0.25) is 5.02 Å². The van der Waals surface area contributed by atoms with Gasteiger partial charge in [-0.25, -0.2) is 8.78 Å². The molecule has 1 aliphatic carbocycles. The number of piperazine rings is 1. The van der Waals surface area contributed by atoms with Crippen molar-refractivity contribution < 1.29 is 23.1 Å². The minimum Gasteiger partial charge on any atom is -0.467 e. The number of carbonyl (C=O) groups is 2.